The number of halogens is 2. The van der Waals surface area contributed by atoms with Crippen LogP contribution in [0, 0.1) is 5.82 Å². The van der Waals surface area contributed by atoms with Crippen molar-refractivity contribution < 1.29 is 4.39 Å². The molecule has 2 rings (SSSR count). The van der Waals surface area contributed by atoms with Gasteiger partial charge in [0.2, 0.25) is 0 Å². The molecule has 0 saturated carbocycles. The standard InChI is InChI=1S/C10H11BrFN3/c1-10(2,3)15-9-5-7(12)6(11)4-8(9)13-14-15/h4-5H,1-3H3. The average Bonchev–Trinajstić information content (AvgIpc) is 2.47. The molecule has 1 aromatic heterocycles. The van der Waals surface area contributed by atoms with E-state index in [1.807, 2.05) is 20.8 Å². The van der Waals surface area contributed by atoms with Crippen molar-refractivity contribution in [2.75, 3.05) is 0 Å². The molecule has 0 saturated heterocycles. The summed E-state index contributed by atoms with van der Waals surface area (Å²) in [5.74, 6) is -0.296. The monoisotopic (exact) mass is 271 g/mol. The van der Waals surface area contributed by atoms with E-state index in [2.05, 4.69) is 26.2 Å². The molecule has 0 amide bonds. The Kier molecular flexibility index (Phi) is 2.30. The summed E-state index contributed by atoms with van der Waals surface area (Å²) < 4.78 is 15.5. The van der Waals surface area contributed by atoms with Crippen LogP contribution in [0.25, 0.3) is 11.0 Å². The van der Waals surface area contributed by atoms with Crippen LogP contribution < -0.4 is 0 Å². The van der Waals surface area contributed by atoms with Gasteiger partial charge in [-0.1, -0.05) is 5.21 Å². The molecule has 0 atom stereocenters. The van der Waals surface area contributed by atoms with E-state index in [1.54, 1.807) is 10.7 Å². The molecule has 0 unspecified atom stereocenters. The molecule has 1 heterocycles. The predicted molar refractivity (Wildman–Crippen MR) is 60.2 cm³/mol. The van der Waals surface area contributed by atoms with Gasteiger partial charge in [-0.3, -0.25) is 0 Å². The number of hydrogen-bond donors (Lipinski definition) is 0. The fourth-order valence-electron chi connectivity index (χ4n) is 1.41. The molecule has 3 nitrogen and oxygen atoms in total. The maximum Gasteiger partial charge on any atom is 0.139 e. The van der Waals surface area contributed by atoms with Crippen LogP contribution in [0.2, 0.25) is 0 Å². The number of rotatable bonds is 0. The van der Waals surface area contributed by atoms with E-state index in [-0.39, 0.29) is 11.4 Å². The van der Waals surface area contributed by atoms with Crippen LogP contribution in [0.5, 0.6) is 0 Å². The zero-order chi connectivity index (χ0) is 11.2. The number of nitrogens with zero attached hydrogens (tertiary/aromatic N) is 3. The topological polar surface area (TPSA) is 30.7 Å². The Bertz CT molecular complexity index is 513. The average molecular weight is 272 g/mol. The normalized spacial score (nSPS) is 12.3. The van der Waals surface area contributed by atoms with Crippen LogP contribution in [0.1, 0.15) is 20.8 Å². The third-order valence-corrected chi connectivity index (χ3v) is 2.73. The van der Waals surface area contributed by atoms with Crippen LogP contribution in [0.15, 0.2) is 16.6 Å². The Hall–Kier alpha value is -0.970. The summed E-state index contributed by atoms with van der Waals surface area (Å²) >= 11 is 3.12. The Morgan fingerprint density at radius 2 is 2.00 bits per heavy atom. The van der Waals surface area contributed by atoms with E-state index in [4.69, 9.17) is 0 Å². The summed E-state index contributed by atoms with van der Waals surface area (Å²) in [6.45, 7) is 6.00. The Balaban J connectivity index is 2.75. The molecule has 15 heavy (non-hydrogen) atoms. The van der Waals surface area contributed by atoms with Crippen LogP contribution >= 0.6 is 15.9 Å². The molecule has 5 heteroatoms. The summed E-state index contributed by atoms with van der Waals surface area (Å²) in [6.07, 6.45) is 0. The van der Waals surface area contributed by atoms with Gasteiger partial charge in [-0.05, 0) is 42.8 Å². The zero-order valence-electron chi connectivity index (χ0n) is 8.75. The number of benzene rings is 1. The Labute approximate surface area is 95.4 Å². The first-order valence-corrected chi connectivity index (χ1v) is 5.40. The highest BCUT2D eigenvalue weighted by molar-refractivity contribution is 9.10. The molecule has 0 N–H and O–H groups in total. The van der Waals surface area contributed by atoms with E-state index < -0.39 is 0 Å². The van der Waals surface area contributed by atoms with Crippen molar-refractivity contribution >= 4 is 27.0 Å². The van der Waals surface area contributed by atoms with Crippen LogP contribution in [-0.2, 0) is 5.54 Å². The van der Waals surface area contributed by atoms with Crippen LogP contribution in [-0.4, -0.2) is 15.0 Å². The molecule has 2 aromatic rings. The predicted octanol–water partition coefficient (Wildman–Crippen LogP) is 3.09. The second kappa shape index (κ2) is 3.27. The van der Waals surface area contributed by atoms with Gasteiger partial charge in [0, 0.05) is 6.07 Å². The van der Waals surface area contributed by atoms with E-state index in [9.17, 15) is 4.39 Å². The van der Waals surface area contributed by atoms with Crippen molar-refractivity contribution in [2.45, 2.75) is 26.3 Å². The van der Waals surface area contributed by atoms with Gasteiger partial charge in [0.25, 0.3) is 0 Å². The lowest BCUT2D eigenvalue weighted by Crippen LogP contribution is -2.23. The maximum absolute atomic E-state index is 13.4. The molecule has 0 fully saturated rings. The minimum absolute atomic E-state index is 0.199. The third-order valence-electron chi connectivity index (χ3n) is 2.12. The quantitative estimate of drug-likeness (QED) is 0.737. The molecule has 0 spiro atoms. The first-order chi connectivity index (χ1) is 6.89. The highest BCUT2D eigenvalue weighted by atomic mass is 79.9. The van der Waals surface area contributed by atoms with Gasteiger partial charge in [0.05, 0.1) is 15.5 Å². The minimum atomic E-state index is -0.296. The Morgan fingerprint density at radius 3 is 2.60 bits per heavy atom. The Morgan fingerprint density at radius 1 is 1.33 bits per heavy atom. The number of fused-ring (bicyclic) bond motifs is 1. The fraction of sp³-hybridized carbons (Fsp3) is 0.400. The van der Waals surface area contributed by atoms with Gasteiger partial charge < -0.3 is 0 Å². The van der Waals surface area contributed by atoms with Crippen molar-refractivity contribution in [3.63, 3.8) is 0 Å². The van der Waals surface area contributed by atoms with E-state index >= 15 is 0 Å². The lowest BCUT2D eigenvalue weighted by atomic mass is 10.1. The molecule has 0 aliphatic carbocycles. The smallest absolute Gasteiger partial charge is 0.139 e. The third kappa shape index (κ3) is 1.76. The van der Waals surface area contributed by atoms with Gasteiger partial charge in [-0.2, -0.15) is 0 Å². The van der Waals surface area contributed by atoms with E-state index in [0.717, 1.165) is 0 Å². The second-order valence-corrected chi connectivity index (χ2v) is 5.28. The summed E-state index contributed by atoms with van der Waals surface area (Å²) in [7, 11) is 0. The maximum atomic E-state index is 13.4. The van der Waals surface area contributed by atoms with Gasteiger partial charge in [0.1, 0.15) is 11.3 Å². The molecule has 0 aliphatic rings. The molecular weight excluding hydrogens is 261 g/mol. The number of hydrogen-bond acceptors (Lipinski definition) is 2. The largest absolute Gasteiger partial charge is 0.239 e. The van der Waals surface area contributed by atoms with Crippen LogP contribution in [0.4, 0.5) is 4.39 Å². The van der Waals surface area contributed by atoms with E-state index in [0.29, 0.717) is 15.5 Å². The fourth-order valence-corrected chi connectivity index (χ4v) is 1.74. The lowest BCUT2D eigenvalue weighted by molar-refractivity contribution is 0.358. The van der Waals surface area contributed by atoms with Gasteiger partial charge >= 0.3 is 0 Å². The second-order valence-electron chi connectivity index (χ2n) is 4.43. The first kappa shape index (κ1) is 10.5. The molecule has 0 bridgehead atoms. The molecular formula is C10H11BrFN3. The lowest BCUT2D eigenvalue weighted by Gasteiger charge is -2.19. The van der Waals surface area contributed by atoms with Crippen molar-refractivity contribution in [1.82, 2.24) is 15.0 Å². The van der Waals surface area contributed by atoms with Crippen LogP contribution in [0.3, 0.4) is 0 Å². The molecule has 0 radical (unpaired) electrons. The van der Waals surface area contributed by atoms with Crippen molar-refractivity contribution in [3.05, 3.63) is 22.4 Å². The number of aromatic nitrogens is 3. The van der Waals surface area contributed by atoms with Crippen molar-refractivity contribution in [2.24, 2.45) is 0 Å². The summed E-state index contributed by atoms with van der Waals surface area (Å²) in [6, 6.07) is 3.09. The summed E-state index contributed by atoms with van der Waals surface area (Å²) in [4.78, 5) is 0. The highest BCUT2D eigenvalue weighted by Crippen LogP contribution is 2.25. The highest BCUT2D eigenvalue weighted by Gasteiger charge is 2.18. The minimum Gasteiger partial charge on any atom is -0.239 e. The van der Waals surface area contributed by atoms with Crippen molar-refractivity contribution in [1.29, 1.82) is 0 Å². The first-order valence-electron chi connectivity index (χ1n) is 4.60. The van der Waals surface area contributed by atoms with Gasteiger partial charge in [-0.15, -0.1) is 5.10 Å². The van der Waals surface area contributed by atoms with Gasteiger partial charge in [-0.25, -0.2) is 9.07 Å². The molecule has 0 aliphatic heterocycles. The summed E-state index contributed by atoms with van der Waals surface area (Å²) in [5.41, 5.74) is 1.20. The SMILES string of the molecule is CC(C)(C)n1nnc2cc(Br)c(F)cc21. The summed E-state index contributed by atoms with van der Waals surface area (Å²) in [5, 5.41) is 8.03. The molecule has 1 aromatic carbocycles. The zero-order valence-corrected chi connectivity index (χ0v) is 10.3. The van der Waals surface area contributed by atoms with Crippen molar-refractivity contribution in [3.8, 4) is 0 Å². The van der Waals surface area contributed by atoms with Gasteiger partial charge in [0.15, 0.2) is 0 Å². The molecule has 80 valence electrons. The van der Waals surface area contributed by atoms with E-state index in [1.165, 1.54) is 6.07 Å².